The number of hydrogen-bond acceptors (Lipinski definition) is 2. The van der Waals surface area contributed by atoms with Crippen molar-refractivity contribution in [1.29, 1.82) is 0 Å². The Balaban J connectivity index is 2.27. The van der Waals surface area contributed by atoms with Gasteiger partial charge in [-0.15, -0.1) is 0 Å². The molecule has 4 nitrogen and oxygen atoms in total. The number of benzene rings is 1. The van der Waals surface area contributed by atoms with Crippen molar-refractivity contribution in [3.63, 3.8) is 0 Å². The highest BCUT2D eigenvalue weighted by Crippen LogP contribution is 2.24. The van der Waals surface area contributed by atoms with Crippen LogP contribution in [0.1, 0.15) is 12.6 Å². The van der Waals surface area contributed by atoms with Crippen LogP contribution in [0.2, 0.25) is 5.02 Å². The van der Waals surface area contributed by atoms with Crippen molar-refractivity contribution < 1.29 is 0 Å². The molecule has 0 atom stereocenters. The van der Waals surface area contributed by atoms with E-state index in [1.54, 1.807) is 12.3 Å². The monoisotopic (exact) mass is 273 g/mol. The van der Waals surface area contributed by atoms with Gasteiger partial charge in [0.15, 0.2) is 5.65 Å². The summed E-state index contributed by atoms with van der Waals surface area (Å²) >= 11 is 5.89. The molecule has 19 heavy (non-hydrogen) atoms. The number of aryl methyl sites for hydroxylation is 1. The van der Waals surface area contributed by atoms with Gasteiger partial charge in [-0.05, 0) is 24.1 Å². The van der Waals surface area contributed by atoms with Crippen LogP contribution in [0.15, 0.2) is 41.3 Å². The van der Waals surface area contributed by atoms with E-state index < -0.39 is 0 Å². The Morgan fingerprint density at radius 2 is 2.05 bits per heavy atom. The summed E-state index contributed by atoms with van der Waals surface area (Å²) in [7, 11) is 0. The normalized spacial score (nSPS) is 11.1. The summed E-state index contributed by atoms with van der Waals surface area (Å²) in [6, 6.07) is 9.02. The summed E-state index contributed by atoms with van der Waals surface area (Å²) in [4.78, 5) is 16.4. The smallest absolute Gasteiger partial charge is 0.272 e. The summed E-state index contributed by atoms with van der Waals surface area (Å²) in [5, 5.41) is 3.61. The highest BCUT2D eigenvalue weighted by Gasteiger charge is 2.10. The first kappa shape index (κ1) is 12.0. The summed E-state index contributed by atoms with van der Waals surface area (Å²) in [6.07, 6.45) is 2.52. The van der Waals surface area contributed by atoms with Crippen molar-refractivity contribution >= 4 is 17.2 Å². The second-order valence-electron chi connectivity index (χ2n) is 4.29. The second kappa shape index (κ2) is 4.55. The zero-order chi connectivity index (χ0) is 13.4. The maximum absolute atomic E-state index is 11.9. The Morgan fingerprint density at radius 1 is 1.32 bits per heavy atom. The molecular formula is C14H12ClN3O. The van der Waals surface area contributed by atoms with Gasteiger partial charge in [0.2, 0.25) is 0 Å². The largest absolute Gasteiger partial charge is 0.296 e. The Hall–Kier alpha value is -2.07. The van der Waals surface area contributed by atoms with Gasteiger partial charge in [0.05, 0.1) is 0 Å². The number of nitrogens with zero attached hydrogens (tertiary/aromatic N) is 2. The van der Waals surface area contributed by atoms with Crippen LogP contribution in [0, 0.1) is 0 Å². The van der Waals surface area contributed by atoms with E-state index in [0.29, 0.717) is 10.7 Å². The molecule has 0 bridgehead atoms. The van der Waals surface area contributed by atoms with Crippen LogP contribution >= 0.6 is 11.6 Å². The van der Waals surface area contributed by atoms with Crippen molar-refractivity contribution in [3.8, 4) is 11.1 Å². The van der Waals surface area contributed by atoms with Crippen molar-refractivity contribution in [2.45, 2.75) is 13.3 Å². The van der Waals surface area contributed by atoms with E-state index in [1.807, 2.05) is 31.2 Å². The van der Waals surface area contributed by atoms with Gasteiger partial charge in [-0.2, -0.15) is 0 Å². The van der Waals surface area contributed by atoms with Gasteiger partial charge in [0, 0.05) is 28.5 Å². The van der Waals surface area contributed by atoms with Crippen LogP contribution in [-0.4, -0.2) is 14.6 Å². The van der Waals surface area contributed by atoms with Crippen LogP contribution < -0.4 is 5.56 Å². The highest BCUT2D eigenvalue weighted by atomic mass is 35.5. The summed E-state index contributed by atoms with van der Waals surface area (Å²) in [6.45, 7) is 1.98. The molecule has 1 N–H and O–H groups in total. The van der Waals surface area contributed by atoms with E-state index in [1.165, 1.54) is 4.52 Å². The van der Waals surface area contributed by atoms with Crippen LogP contribution in [-0.2, 0) is 6.42 Å². The van der Waals surface area contributed by atoms with E-state index in [2.05, 4.69) is 10.1 Å². The zero-order valence-electron chi connectivity index (χ0n) is 10.4. The third-order valence-corrected chi connectivity index (χ3v) is 3.32. The van der Waals surface area contributed by atoms with Gasteiger partial charge in [-0.25, -0.2) is 9.50 Å². The maximum atomic E-state index is 11.9. The molecule has 0 fully saturated rings. The number of hydrogen-bond donors (Lipinski definition) is 1. The molecule has 96 valence electrons. The molecule has 0 aliphatic carbocycles. The third-order valence-electron chi connectivity index (χ3n) is 3.07. The predicted octanol–water partition coefficient (Wildman–Crippen LogP) is 2.91. The Bertz CT molecular complexity index is 787. The Morgan fingerprint density at radius 3 is 2.74 bits per heavy atom. The van der Waals surface area contributed by atoms with Crippen molar-refractivity contribution in [2.75, 3.05) is 0 Å². The van der Waals surface area contributed by atoms with Crippen LogP contribution in [0.5, 0.6) is 0 Å². The first-order valence-corrected chi connectivity index (χ1v) is 6.43. The molecular weight excluding hydrogens is 262 g/mol. The van der Waals surface area contributed by atoms with E-state index >= 15 is 0 Å². The molecule has 2 heterocycles. The van der Waals surface area contributed by atoms with E-state index in [9.17, 15) is 4.79 Å². The molecule has 3 aromatic rings. The quantitative estimate of drug-likeness (QED) is 0.780. The van der Waals surface area contributed by atoms with Crippen molar-refractivity contribution in [1.82, 2.24) is 14.6 Å². The van der Waals surface area contributed by atoms with E-state index in [-0.39, 0.29) is 5.56 Å². The number of halogens is 1. The van der Waals surface area contributed by atoms with Gasteiger partial charge in [-0.3, -0.25) is 9.89 Å². The molecule has 1 aromatic carbocycles. The Labute approximate surface area is 114 Å². The molecule has 3 rings (SSSR count). The first-order valence-electron chi connectivity index (χ1n) is 6.05. The molecule has 0 unspecified atom stereocenters. The second-order valence-corrected chi connectivity index (χ2v) is 4.73. The number of nitrogens with one attached hydrogen (secondary N) is 1. The van der Waals surface area contributed by atoms with Gasteiger partial charge in [0.25, 0.3) is 5.56 Å². The van der Waals surface area contributed by atoms with E-state index in [0.717, 1.165) is 23.2 Å². The lowest BCUT2D eigenvalue weighted by Crippen LogP contribution is -2.15. The van der Waals surface area contributed by atoms with Gasteiger partial charge >= 0.3 is 0 Å². The first-order chi connectivity index (χ1) is 9.19. The van der Waals surface area contributed by atoms with E-state index in [4.69, 9.17) is 11.6 Å². The maximum Gasteiger partial charge on any atom is 0.272 e. The number of rotatable bonds is 2. The molecule has 0 radical (unpaired) electrons. The summed E-state index contributed by atoms with van der Waals surface area (Å²) in [5.41, 5.74) is 3.21. The lowest BCUT2D eigenvalue weighted by Gasteiger charge is -2.01. The molecule has 0 spiro atoms. The lowest BCUT2D eigenvalue weighted by molar-refractivity contribution is 0.876. The molecule has 5 heteroatoms. The number of aromatic amines is 1. The number of H-pyrrole nitrogens is 1. The predicted molar refractivity (Wildman–Crippen MR) is 75.6 cm³/mol. The SMILES string of the molecule is CCc1cc(=O)n2[nH]cc(-c3ccc(Cl)cc3)c2n1. The van der Waals surface area contributed by atoms with Gasteiger partial charge in [-0.1, -0.05) is 30.7 Å². The van der Waals surface area contributed by atoms with Crippen LogP contribution in [0.25, 0.3) is 16.8 Å². The average molecular weight is 274 g/mol. The summed E-state index contributed by atoms with van der Waals surface area (Å²) in [5.74, 6) is 0. The Kier molecular flexibility index (Phi) is 2.87. The van der Waals surface area contributed by atoms with Gasteiger partial charge < -0.3 is 0 Å². The summed E-state index contributed by atoms with van der Waals surface area (Å²) < 4.78 is 1.45. The lowest BCUT2D eigenvalue weighted by atomic mass is 10.1. The topological polar surface area (TPSA) is 50.2 Å². The molecule has 0 saturated carbocycles. The van der Waals surface area contributed by atoms with Crippen LogP contribution in [0.3, 0.4) is 0 Å². The molecule has 0 aliphatic rings. The third kappa shape index (κ3) is 2.04. The molecule has 0 amide bonds. The fraction of sp³-hybridized carbons (Fsp3) is 0.143. The fourth-order valence-corrected chi connectivity index (χ4v) is 2.18. The average Bonchev–Trinajstić information content (AvgIpc) is 2.84. The number of aromatic nitrogens is 3. The van der Waals surface area contributed by atoms with Gasteiger partial charge in [0.1, 0.15) is 0 Å². The van der Waals surface area contributed by atoms with Crippen LogP contribution in [0.4, 0.5) is 0 Å². The minimum atomic E-state index is -0.0953. The van der Waals surface area contributed by atoms with Crippen molar-refractivity contribution in [3.05, 3.63) is 57.6 Å². The standard InChI is InChI=1S/C14H12ClN3O/c1-2-11-7-13(19)18-14(17-11)12(8-16-18)9-3-5-10(15)6-4-9/h3-8,16H,2H2,1H3. The highest BCUT2D eigenvalue weighted by molar-refractivity contribution is 6.30. The molecule has 0 aliphatic heterocycles. The minimum absolute atomic E-state index is 0.0953. The minimum Gasteiger partial charge on any atom is -0.296 e. The zero-order valence-corrected chi connectivity index (χ0v) is 11.1. The number of fused-ring (bicyclic) bond motifs is 1. The van der Waals surface area contributed by atoms with Crippen molar-refractivity contribution in [2.24, 2.45) is 0 Å². The molecule has 2 aromatic heterocycles. The molecule has 0 saturated heterocycles. The fourth-order valence-electron chi connectivity index (χ4n) is 2.05.